The van der Waals surface area contributed by atoms with E-state index in [1.807, 2.05) is 19.9 Å². The normalized spacial score (nSPS) is 10.1. The lowest BCUT2D eigenvalue weighted by Gasteiger charge is -2.12. The van der Waals surface area contributed by atoms with E-state index in [1.54, 1.807) is 18.2 Å². The summed E-state index contributed by atoms with van der Waals surface area (Å²) in [5.74, 6) is -0.541. The Hall–Kier alpha value is -2.53. The van der Waals surface area contributed by atoms with Crippen molar-refractivity contribution in [1.29, 1.82) is 0 Å². The average Bonchev–Trinajstić information content (AvgIpc) is 2.54. The molecular formula is C17H17ClN2O3. The van der Waals surface area contributed by atoms with Crippen molar-refractivity contribution in [1.82, 2.24) is 10.9 Å². The van der Waals surface area contributed by atoms with Crippen LogP contribution in [-0.4, -0.2) is 18.9 Å². The van der Waals surface area contributed by atoms with Gasteiger partial charge in [0.2, 0.25) is 0 Å². The van der Waals surface area contributed by atoms with Crippen LogP contribution in [0.15, 0.2) is 36.4 Å². The molecule has 2 rings (SSSR count). The van der Waals surface area contributed by atoms with Crippen LogP contribution in [0.25, 0.3) is 0 Å². The number of hydrazine groups is 1. The van der Waals surface area contributed by atoms with Crippen LogP contribution in [-0.2, 0) is 0 Å². The molecule has 0 unspecified atom stereocenters. The van der Waals surface area contributed by atoms with Gasteiger partial charge in [0, 0.05) is 10.6 Å². The van der Waals surface area contributed by atoms with Crippen molar-refractivity contribution < 1.29 is 14.3 Å². The monoisotopic (exact) mass is 332 g/mol. The third-order valence-corrected chi connectivity index (χ3v) is 3.78. The number of nitrogens with one attached hydrogen (secondary N) is 2. The minimum Gasteiger partial charge on any atom is -0.496 e. The molecule has 0 bridgehead atoms. The molecule has 0 aliphatic rings. The molecule has 2 aromatic rings. The minimum absolute atomic E-state index is 0.276. The quantitative estimate of drug-likeness (QED) is 0.849. The predicted molar refractivity (Wildman–Crippen MR) is 88.9 cm³/mol. The molecule has 0 aliphatic heterocycles. The molecule has 0 saturated heterocycles. The number of halogens is 1. The molecule has 0 fully saturated rings. The molecule has 120 valence electrons. The molecule has 23 heavy (non-hydrogen) atoms. The Morgan fingerprint density at radius 3 is 2.30 bits per heavy atom. The second-order valence-electron chi connectivity index (χ2n) is 5.00. The summed E-state index contributed by atoms with van der Waals surface area (Å²) in [5.41, 5.74) is 7.43. The van der Waals surface area contributed by atoms with Crippen LogP contribution < -0.4 is 15.6 Å². The average molecular weight is 333 g/mol. The lowest BCUT2D eigenvalue weighted by molar-refractivity contribution is 0.0844. The predicted octanol–water partition coefficient (Wildman–Crippen LogP) is 3.04. The first-order chi connectivity index (χ1) is 10.9. The van der Waals surface area contributed by atoms with Crippen LogP contribution in [0.2, 0.25) is 5.02 Å². The van der Waals surface area contributed by atoms with E-state index in [2.05, 4.69) is 10.9 Å². The van der Waals surface area contributed by atoms with Gasteiger partial charge in [0.05, 0.1) is 12.7 Å². The zero-order chi connectivity index (χ0) is 17.0. The molecule has 0 radical (unpaired) electrons. The number of amides is 2. The van der Waals surface area contributed by atoms with E-state index in [4.69, 9.17) is 16.3 Å². The highest BCUT2D eigenvalue weighted by molar-refractivity contribution is 6.30. The Labute approximate surface area is 139 Å². The number of carbonyl (C=O) groups excluding carboxylic acids is 2. The van der Waals surface area contributed by atoms with Gasteiger partial charge in [-0.3, -0.25) is 20.4 Å². The van der Waals surface area contributed by atoms with Crippen molar-refractivity contribution in [2.45, 2.75) is 13.8 Å². The van der Waals surface area contributed by atoms with Gasteiger partial charge >= 0.3 is 0 Å². The first-order valence-electron chi connectivity index (χ1n) is 6.94. The van der Waals surface area contributed by atoms with E-state index in [-0.39, 0.29) is 11.5 Å². The van der Waals surface area contributed by atoms with Crippen LogP contribution in [0.3, 0.4) is 0 Å². The molecule has 0 aromatic heterocycles. The maximum absolute atomic E-state index is 12.2. The fourth-order valence-electron chi connectivity index (χ4n) is 2.10. The molecule has 2 aromatic carbocycles. The third kappa shape index (κ3) is 3.81. The van der Waals surface area contributed by atoms with Gasteiger partial charge < -0.3 is 4.74 Å². The third-order valence-electron chi connectivity index (χ3n) is 3.55. The van der Waals surface area contributed by atoms with Crippen molar-refractivity contribution in [3.63, 3.8) is 0 Å². The molecule has 0 atom stereocenters. The van der Waals surface area contributed by atoms with E-state index >= 15 is 0 Å². The SMILES string of the molecule is COc1cc(Cl)ccc1C(=O)NNC(=O)c1cccc(C)c1C. The zero-order valence-corrected chi connectivity index (χ0v) is 13.8. The fourth-order valence-corrected chi connectivity index (χ4v) is 2.26. The standard InChI is InChI=1S/C17H17ClN2O3/c1-10-5-4-6-13(11(10)2)16(21)19-20-17(22)14-8-7-12(18)9-15(14)23-3/h4-9H,1-3H3,(H,19,21)(H,20,22). The van der Waals surface area contributed by atoms with E-state index in [1.165, 1.54) is 19.2 Å². The topological polar surface area (TPSA) is 67.4 Å². The summed E-state index contributed by atoms with van der Waals surface area (Å²) in [4.78, 5) is 24.4. The summed E-state index contributed by atoms with van der Waals surface area (Å²) in [6.07, 6.45) is 0. The minimum atomic E-state index is -0.489. The molecule has 0 aliphatic carbocycles. The Kier molecular flexibility index (Phi) is 5.24. The number of hydrogen-bond acceptors (Lipinski definition) is 3. The highest BCUT2D eigenvalue weighted by atomic mass is 35.5. The highest BCUT2D eigenvalue weighted by Gasteiger charge is 2.15. The Balaban J connectivity index is 2.10. The molecular weight excluding hydrogens is 316 g/mol. The molecule has 6 heteroatoms. The van der Waals surface area contributed by atoms with Crippen molar-refractivity contribution in [2.24, 2.45) is 0 Å². The van der Waals surface area contributed by atoms with E-state index < -0.39 is 5.91 Å². The van der Waals surface area contributed by atoms with Gasteiger partial charge in [-0.2, -0.15) is 0 Å². The molecule has 0 spiro atoms. The van der Waals surface area contributed by atoms with Crippen LogP contribution >= 0.6 is 11.6 Å². The zero-order valence-electron chi connectivity index (χ0n) is 13.1. The second kappa shape index (κ2) is 7.15. The van der Waals surface area contributed by atoms with Crippen LogP contribution in [0.1, 0.15) is 31.8 Å². The van der Waals surface area contributed by atoms with E-state index in [0.717, 1.165) is 11.1 Å². The molecule has 0 heterocycles. The Bertz CT molecular complexity index is 759. The summed E-state index contributed by atoms with van der Waals surface area (Å²) in [6, 6.07) is 10.0. The summed E-state index contributed by atoms with van der Waals surface area (Å²) in [5, 5.41) is 0.456. The van der Waals surface area contributed by atoms with Gasteiger partial charge in [-0.1, -0.05) is 23.7 Å². The molecule has 0 saturated carbocycles. The lowest BCUT2D eigenvalue weighted by atomic mass is 10.0. The number of carbonyl (C=O) groups is 2. The number of hydrogen-bond donors (Lipinski definition) is 2. The fraction of sp³-hybridized carbons (Fsp3) is 0.176. The summed E-state index contributed by atoms with van der Waals surface area (Å²) in [6.45, 7) is 3.78. The Morgan fingerprint density at radius 2 is 1.65 bits per heavy atom. The van der Waals surface area contributed by atoms with Crippen molar-refractivity contribution in [3.05, 3.63) is 63.7 Å². The Morgan fingerprint density at radius 1 is 1.00 bits per heavy atom. The maximum Gasteiger partial charge on any atom is 0.273 e. The van der Waals surface area contributed by atoms with Gasteiger partial charge in [-0.05, 0) is 49.2 Å². The van der Waals surface area contributed by atoms with E-state index in [0.29, 0.717) is 16.3 Å². The number of aryl methyl sites for hydroxylation is 1. The summed E-state index contributed by atoms with van der Waals surface area (Å²) >= 11 is 5.86. The maximum atomic E-state index is 12.2. The van der Waals surface area contributed by atoms with Gasteiger partial charge in [-0.25, -0.2) is 0 Å². The van der Waals surface area contributed by atoms with Gasteiger partial charge in [-0.15, -0.1) is 0 Å². The first-order valence-corrected chi connectivity index (χ1v) is 7.32. The van der Waals surface area contributed by atoms with Crippen molar-refractivity contribution in [3.8, 4) is 5.75 Å². The van der Waals surface area contributed by atoms with Crippen LogP contribution in [0.4, 0.5) is 0 Å². The van der Waals surface area contributed by atoms with Crippen LogP contribution in [0.5, 0.6) is 5.75 Å². The first kappa shape index (κ1) is 16.8. The largest absolute Gasteiger partial charge is 0.496 e. The number of methoxy groups -OCH3 is 1. The second-order valence-corrected chi connectivity index (χ2v) is 5.44. The summed E-state index contributed by atoms with van der Waals surface area (Å²) in [7, 11) is 1.44. The molecule has 2 amide bonds. The summed E-state index contributed by atoms with van der Waals surface area (Å²) < 4.78 is 5.12. The van der Waals surface area contributed by atoms with Crippen LogP contribution in [0, 0.1) is 13.8 Å². The smallest absolute Gasteiger partial charge is 0.273 e. The lowest BCUT2D eigenvalue weighted by Crippen LogP contribution is -2.42. The van der Waals surface area contributed by atoms with Crippen molar-refractivity contribution in [2.75, 3.05) is 7.11 Å². The highest BCUT2D eigenvalue weighted by Crippen LogP contribution is 2.22. The number of benzene rings is 2. The molecule has 2 N–H and O–H groups in total. The van der Waals surface area contributed by atoms with Gasteiger partial charge in [0.15, 0.2) is 0 Å². The molecule has 5 nitrogen and oxygen atoms in total. The van der Waals surface area contributed by atoms with Gasteiger partial charge in [0.25, 0.3) is 11.8 Å². The number of ether oxygens (including phenoxy) is 1. The number of rotatable bonds is 3. The van der Waals surface area contributed by atoms with Gasteiger partial charge in [0.1, 0.15) is 5.75 Å². The van der Waals surface area contributed by atoms with E-state index in [9.17, 15) is 9.59 Å². The van der Waals surface area contributed by atoms with Crippen molar-refractivity contribution >= 4 is 23.4 Å².